The summed E-state index contributed by atoms with van der Waals surface area (Å²) in [6.07, 6.45) is 0. The van der Waals surface area contributed by atoms with Crippen LogP contribution in [0.15, 0.2) is 36.4 Å². The second-order valence-electron chi connectivity index (χ2n) is 3.42. The van der Waals surface area contributed by atoms with Crippen molar-refractivity contribution < 1.29 is 0 Å². The van der Waals surface area contributed by atoms with E-state index in [1.165, 1.54) is 10.2 Å². The molecule has 1 aromatic carbocycles. The van der Waals surface area contributed by atoms with E-state index < -0.39 is 0 Å². The van der Waals surface area contributed by atoms with Gasteiger partial charge in [-0.3, -0.25) is 4.68 Å². The molecule has 1 radical (unpaired) electrons. The minimum atomic E-state index is 1.05. The first-order valence-electron chi connectivity index (χ1n) is 4.74. The van der Waals surface area contributed by atoms with Gasteiger partial charge in [0.25, 0.3) is 0 Å². The SMILES string of the molecule is Cn1nc(-c2ccccc2)c2c[c]sc21. The molecule has 2 nitrogen and oxygen atoms in total. The van der Waals surface area contributed by atoms with Crippen molar-refractivity contribution >= 4 is 21.6 Å². The minimum absolute atomic E-state index is 1.05. The Balaban J connectivity index is 2.32. The van der Waals surface area contributed by atoms with E-state index >= 15 is 0 Å². The van der Waals surface area contributed by atoms with Gasteiger partial charge in [-0.25, -0.2) is 0 Å². The van der Waals surface area contributed by atoms with Gasteiger partial charge in [-0.1, -0.05) is 30.3 Å². The summed E-state index contributed by atoms with van der Waals surface area (Å²) in [4.78, 5) is 1.17. The number of aromatic nitrogens is 2. The lowest BCUT2D eigenvalue weighted by molar-refractivity contribution is 0.806. The fraction of sp³-hybridized carbons (Fsp3) is 0.0833. The second kappa shape index (κ2) is 3.21. The van der Waals surface area contributed by atoms with Gasteiger partial charge in [0.1, 0.15) is 10.5 Å². The lowest BCUT2D eigenvalue weighted by Gasteiger charge is -1.94. The highest BCUT2D eigenvalue weighted by Crippen LogP contribution is 2.30. The van der Waals surface area contributed by atoms with Crippen molar-refractivity contribution in [2.24, 2.45) is 7.05 Å². The number of rotatable bonds is 1. The van der Waals surface area contributed by atoms with E-state index in [4.69, 9.17) is 0 Å². The number of thiophene rings is 1. The number of benzene rings is 1. The third kappa shape index (κ3) is 1.27. The first-order chi connectivity index (χ1) is 7.36. The normalized spacial score (nSPS) is 11.0. The Morgan fingerprint density at radius 3 is 2.87 bits per heavy atom. The van der Waals surface area contributed by atoms with E-state index in [9.17, 15) is 0 Å². The molecule has 0 aliphatic rings. The smallest absolute Gasteiger partial charge is 0.122 e. The van der Waals surface area contributed by atoms with Gasteiger partial charge in [0.2, 0.25) is 0 Å². The van der Waals surface area contributed by atoms with Crippen LogP contribution in [0.2, 0.25) is 0 Å². The summed E-state index contributed by atoms with van der Waals surface area (Å²) < 4.78 is 1.92. The number of hydrogen-bond acceptors (Lipinski definition) is 2. The average Bonchev–Trinajstić information content (AvgIpc) is 2.84. The standard InChI is InChI=1S/C12H9N2S/c1-14-12-10(7-8-15-12)11(13-14)9-5-3-2-4-6-9/h2-7H,1H3. The van der Waals surface area contributed by atoms with E-state index in [0.29, 0.717) is 0 Å². The Bertz CT molecular complexity index is 592. The molecule has 3 rings (SSSR count). The van der Waals surface area contributed by atoms with Crippen molar-refractivity contribution in [2.75, 3.05) is 0 Å². The van der Waals surface area contributed by atoms with E-state index in [2.05, 4.69) is 22.6 Å². The molecule has 0 amide bonds. The lowest BCUT2D eigenvalue weighted by atomic mass is 10.1. The van der Waals surface area contributed by atoms with Crippen LogP contribution in [0.1, 0.15) is 0 Å². The van der Waals surface area contributed by atoms with Crippen LogP contribution in [0.4, 0.5) is 0 Å². The summed E-state index contributed by atoms with van der Waals surface area (Å²) in [7, 11) is 1.97. The molecule has 3 aromatic rings. The van der Waals surface area contributed by atoms with Crippen molar-refractivity contribution in [2.45, 2.75) is 0 Å². The zero-order valence-electron chi connectivity index (χ0n) is 8.27. The molecule has 3 heteroatoms. The van der Waals surface area contributed by atoms with Crippen LogP contribution in [0, 0.1) is 5.38 Å². The van der Waals surface area contributed by atoms with Gasteiger partial charge in [-0.05, 0) is 6.07 Å². The fourth-order valence-corrected chi connectivity index (χ4v) is 2.46. The third-order valence-corrected chi connectivity index (χ3v) is 3.35. The Hall–Kier alpha value is -1.61. The summed E-state index contributed by atoms with van der Waals surface area (Å²) in [5.41, 5.74) is 2.21. The van der Waals surface area contributed by atoms with Gasteiger partial charge >= 0.3 is 0 Å². The number of hydrogen-bond donors (Lipinski definition) is 0. The van der Waals surface area contributed by atoms with Crippen LogP contribution in [0.25, 0.3) is 21.5 Å². The largest absolute Gasteiger partial charge is 0.257 e. The van der Waals surface area contributed by atoms with Gasteiger partial charge in [0.05, 0.1) is 0 Å². The fourth-order valence-electron chi connectivity index (χ4n) is 1.73. The van der Waals surface area contributed by atoms with Crippen molar-refractivity contribution in [1.29, 1.82) is 0 Å². The molecule has 0 N–H and O–H groups in total. The van der Waals surface area contributed by atoms with E-state index in [0.717, 1.165) is 11.3 Å². The third-order valence-electron chi connectivity index (χ3n) is 2.44. The van der Waals surface area contributed by atoms with E-state index in [1.807, 2.05) is 36.0 Å². The molecule has 0 spiro atoms. The topological polar surface area (TPSA) is 17.8 Å². The summed E-state index contributed by atoms with van der Waals surface area (Å²) in [5.74, 6) is 0. The first kappa shape index (κ1) is 8.68. The Kier molecular flexibility index (Phi) is 1.86. The van der Waals surface area contributed by atoms with Gasteiger partial charge in [-0.2, -0.15) is 5.10 Å². The van der Waals surface area contributed by atoms with Crippen LogP contribution < -0.4 is 0 Å². The Morgan fingerprint density at radius 1 is 1.27 bits per heavy atom. The Morgan fingerprint density at radius 2 is 2.07 bits per heavy atom. The maximum Gasteiger partial charge on any atom is 0.122 e. The van der Waals surface area contributed by atoms with Crippen LogP contribution >= 0.6 is 11.3 Å². The molecule has 0 saturated heterocycles. The lowest BCUT2D eigenvalue weighted by Crippen LogP contribution is -1.88. The predicted octanol–water partition coefficient (Wildman–Crippen LogP) is 3.10. The first-order valence-corrected chi connectivity index (χ1v) is 5.56. The van der Waals surface area contributed by atoms with Crippen LogP contribution in [-0.2, 0) is 7.05 Å². The zero-order valence-corrected chi connectivity index (χ0v) is 9.08. The second-order valence-corrected chi connectivity index (χ2v) is 4.25. The quantitative estimate of drug-likeness (QED) is 0.607. The monoisotopic (exact) mass is 213 g/mol. The van der Waals surface area contributed by atoms with Gasteiger partial charge in [-0.15, -0.1) is 11.3 Å². The van der Waals surface area contributed by atoms with Gasteiger partial charge in [0, 0.05) is 23.4 Å². The summed E-state index contributed by atoms with van der Waals surface area (Å²) in [6.45, 7) is 0. The molecule has 0 fully saturated rings. The molecule has 0 aliphatic heterocycles. The highest BCUT2D eigenvalue weighted by atomic mass is 32.1. The highest BCUT2D eigenvalue weighted by molar-refractivity contribution is 7.16. The minimum Gasteiger partial charge on any atom is -0.257 e. The van der Waals surface area contributed by atoms with Crippen molar-refractivity contribution in [3.05, 3.63) is 41.8 Å². The molecule has 73 valence electrons. The molecule has 2 heterocycles. The maximum absolute atomic E-state index is 4.53. The average molecular weight is 213 g/mol. The van der Waals surface area contributed by atoms with Gasteiger partial charge in [0.15, 0.2) is 0 Å². The van der Waals surface area contributed by atoms with Crippen molar-refractivity contribution in [3.63, 3.8) is 0 Å². The Labute approximate surface area is 91.8 Å². The molecular formula is C12H9N2S. The van der Waals surface area contributed by atoms with E-state index in [1.54, 1.807) is 11.3 Å². The molecule has 0 atom stereocenters. The van der Waals surface area contributed by atoms with Crippen LogP contribution in [0.3, 0.4) is 0 Å². The van der Waals surface area contributed by atoms with Crippen LogP contribution in [0.5, 0.6) is 0 Å². The van der Waals surface area contributed by atoms with Crippen molar-refractivity contribution in [1.82, 2.24) is 9.78 Å². The van der Waals surface area contributed by atoms with E-state index in [-0.39, 0.29) is 0 Å². The molecule has 0 saturated carbocycles. The maximum atomic E-state index is 4.53. The molecule has 15 heavy (non-hydrogen) atoms. The number of nitrogens with zero attached hydrogens (tertiary/aromatic N) is 2. The number of aryl methyl sites for hydroxylation is 1. The van der Waals surface area contributed by atoms with Crippen LogP contribution in [-0.4, -0.2) is 9.78 Å². The summed E-state index contributed by atoms with van der Waals surface area (Å²) in [5, 5.41) is 8.87. The predicted molar refractivity (Wildman–Crippen MR) is 62.9 cm³/mol. The summed E-state index contributed by atoms with van der Waals surface area (Å²) >= 11 is 1.60. The highest BCUT2D eigenvalue weighted by Gasteiger charge is 2.10. The summed E-state index contributed by atoms with van der Waals surface area (Å²) in [6, 6.07) is 12.3. The molecule has 2 aromatic heterocycles. The zero-order chi connectivity index (χ0) is 10.3. The molecular weight excluding hydrogens is 204 g/mol. The number of fused-ring (bicyclic) bond motifs is 1. The van der Waals surface area contributed by atoms with Gasteiger partial charge < -0.3 is 0 Å². The van der Waals surface area contributed by atoms with Crippen molar-refractivity contribution in [3.8, 4) is 11.3 Å². The molecule has 0 unspecified atom stereocenters. The molecule has 0 bridgehead atoms. The molecule has 0 aliphatic carbocycles.